The van der Waals surface area contributed by atoms with E-state index in [1.54, 1.807) is 0 Å². The fourth-order valence-electron chi connectivity index (χ4n) is 0. The third kappa shape index (κ3) is 19.2. The number of aliphatic hydroxyl groups is 2. The van der Waals surface area contributed by atoms with Crippen molar-refractivity contribution in [3.63, 3.8) is 0 Å². The molecule has 0 aromatic carbocycles. The van der Waals surface area contributed by atoms with Crippen molar-refractivity contribution in [3.8, 4) is 0 Å². The standard InChI is InChI=1S/C2H6O2.Ag.BrH/c3-1-2-4;;/h3-4H,1-2H2;;1H/q;+1;/p-1. The van der Waals surface area contributed by atoms with Gasteiger partial charge in [-0.25, -0.2) is 0 Å². The van der Waals surface area contributed by atoms with Crippen LogP contribution in [0.15, 0.2) is 0 Å². The summed E-state index contributed by atoms with van der Waals surface area (Å²) in [6, 6.07) is 0. The summed E-state index contributed by atoms with van der Waals surface area (Å²) < 4.78 is 0. The molecule has 0 aromatic rings. The van der Waals surface area contributed by atoms with Crippen molar-refractivity contribution in [1.29, 1.82) is 0 Å². The minimum atomic E-state index is -0.125. The molecular formula is C2H6AgBrO2. The van der Waals surface area contributed by atoms with E-state index in [-0.39, 0.29) is 13.2 Å². The van der Waals surface area contributed by atoms with Gasteiger partial charge in [0.05, 0.1) is 13.2 Å². The normalized spacial score (nSPS) is 6.17. The molecule has 0 unspecified atom stereocenters. The van der Waals surface area contributed by atoms with Crippen molar-refractivity contribution in [2.45, 2.75) is 0 Å². The summed E-state index contributed by atoms with van der Waals surface area (Å²) in [5.74, 6) is 0. The van der Waals surface area contributed by atoms with Crippen molar-refractivity contribution in [1.82, 2.24) is 0 Å². The van der Waals surface area contributed by atoms with Gasteiger partial charge in [0.2, 0.25) is 0 Å². The van der Waals surface area contributed by atoms with Crippen molar-refractivity contribution in [2.24, 2.45) is 0 Å². The first-order valence-corrected chi connectivity index (χ1v) is 4.64. The summed E-state index contributed by atoms with van der Waals surface area (Å²) in [5, 5.41) is 15.2. The van der Waals surface area contributed by atoms with Crippen molar-refractivity contribution < 1.29 is 29.1 Å². The summed E-state index contributed by atoms with van der Waals surface area (Å²) in [4.78, 5) is 0. The zero-order valence-corrected chi connectivity index (χ0v) is 6.06. The molecule has 44 valence electrons. The van der Waals surface area contributed by atoms with Gasteiger partial charge in [0.15, 0.2) is 0 Å². The molecule has 0 aliphatic heterocycles. The first-order chi connectivity index (χ1) is 2.91. The van der Waals surface area contributed by atoms with E-state index >= 15 is 0 Å². The Hall–Kier alpha value is 1.14. The molecule has 0 heterocycles. The Bertz CT molecular complexity index is 13.5. The van der Waals surface area contributed by atoms with Gasteiger partial charge in [0.1, 0.15) is 0 Å². The van der Waals surface area contributed by atoms with Crippen molar-refractivity contribution in [2.75, 3.05) is 13.2 Å². The van der Waals surface area contributed by atoms with Crippen LogP contribution in [0.3, 0.4) is 0 Å². The van der Waals surface area contributed by atoms with Crippen molar-refractivity contribution >= 4 is 13.0 Å². The fraction of sp³-hybridized carbons (Fsp3) is 1.00. The molecule has 0 saturated heterocycles. The summed E-state index contributed by atoms with van der Waals surface area (Å²) in [6.45, 7) is -0.250. The summed E-state index contributed by atoms with van der Waals surface area (Å²) >= 11 is 5.51. The van der Waals surface area contributed by atoms with E-state index in [4.69, 9.17) is 10.2 Å². The first-order valence-electron chi connectivity index (χ1n) is 1.25. The van der Waals surface area contributed by atoms with E-state index in [0.29, 0.717) is 0 Å². The fourth-order valence-corrected chi connectivity index (χ4v) is 0. The van der Waals surface area contributed by atoms with Gasteiger partial charge in [-0.2, -0.15) is 0 Å². The Morgan fingerprint density at radius 3 is 1.33 bits per heavy atom. The summed E-state index contributed by atoms with van der Waals surface area (Å²) in [7, 11) is 0. The molecular weight excluding hydrogens is 244 g/mol. The molecule has 0 radical (unpaired) electrons. The van der Waals surface area contributed by atoms with Crippen LogP contribution in [0.1, 0.15) is 0 Å². The molecule has 0 saturated carbocycles. The predicted octanol–water partition coefficient (Wildman–Crippen LogP) is -0.186. The quantitative estimate of drug-likeness (QED) is 0.633. The number of aliphatic hydroxyl groups excluding tert-OH is 2. The second-order valence-electron chi connectivity index (χ2n) is 0.447. The van der Waals surface area contributed by atoms with Gasteiger partial charge in [-0.15, -0.1) is 0 Å². The molecule has 4 heteroatoms. The number of hydrogen-bond acceptors (Lipinski definition) is 2. The van der Waals surface area contributed by atoms with Crippen LogP contribution in [0.5, 0.6) is 0 Å². The molecule has 0 amide bonds. The van der Waals surface area contributed by atoms with Gasteiger partial charge >= 0.3 is 32.0 Å². The van der Waals surface area contributed by atoms with Gasteiger partial charge < -0.3 is 10.2 Å². The second-order valence-corrected chi connectivity index (χ2v) is 0.447. The van der Waals surface area contributed by atoms with Gasteiger partial charge in [0.25, 0.3) is 0 Å². The van der Waals surface area contributed by atoms with E-state index in [1.807, 2.05) is 0 Å². The van der Waals surface area contributed by atoms with Crippen LogP contribution in [0, 0.1) is 0 Å². The topological polar surface area (TPSA) is 40.5 Å². The molecule has 0 spiro atoms. The monoisotopic (exact) mass is 248 g/mol. The van der Waals surface area contributed by atoms with Crippen LogP contribution >= 0.6 is 13.0 Å². The zero-order chi connectivity index (χ0) is 5.41. The third-order valence-electron chi connectivity index (χ3n) is 0.1000. The molecule has 0 bridgehead atoms. The second kappa shape index (κ2) is 16.5. The Morgan fingerprint density at radius 2 is 1.33 bits per heavy atom. The molecule has 0 rings (SSSR count). The molecule has 0 aromatic heterocycles. The molecule has 0 aliphatic carbocycles. The van der Waals surface area contributed by atoms with Gasteiger partial charge in [-0.3, -0.25) is 0 Å². The Balaban J connectivity index is 0. The Morgan fingerprint density at radius 1 is 1.17 bits per heavy atom. The SMILES string of the molecule is OCCO.[Br][Ag]. The van der Waals surface area contributed by atoms with Gasteiger partial charge in [0, 0.05) is 0 Å². The van der Waals surface area contributed by atoms with Crippen LogP contribution < -0.4 is 0 Å². The van der Waals surface area contributed by atoms with E-state index < -0.39 is 0 Å². The van der Waals surface area contributed by atoms with E-state index in [9.17, 15) is 0 Å². The number of hydrogen-bond donors (Lipinski definition) is 2. The average Bonchev–Trinajstić information content (AvgIpc) is 1.72. The summed E-state index contributed by atoms with van der Waals surface area (Å²) in [5.41, 5.74) is 0. The van der Waals surface area contributed by atoms with Gasteiger partial charge in [-0.05, 0) is 0 Å². The summed E-state index contributed by atoms with van der Waals surface area (Å²) in [6.07, 6.45) is 0. The molecule has 0 fully saturated rings. The molecule has 0 atom stereocenters. The molecule has 0 aliphatic rings. The first kappa shape index (κ1) is 10.2. The Labute approximate surface area is 55.4 Å². The van der Waals surface area contributed by atoms with E-state index in [0.717, 1.165) is 0 Å². The maximum absolute atomic E-state index is 7.62. The van der Waals surface area contributed by atoms with E-state index in [2.05, 4.69) is 32.0 Å². The third-order valence-corrected chi connectivity index (χ3v) is 0.1000. The van der Waals surface area contributed by atoms with Crippen LogP contribution in [0.25, 0.3) is 0 Å². The molecule has 6 heavy (non-hydrogen) atoms. The van der Waals surface area contributed by atoms with Crippen LogP contribution in [-0.2, 0) is 18.9 Å². The number of halogens is 1. The average molecular weight is 250 g/mol. The Kier molecular flexibility index (Phi) is 27.9. The predicted molar refractivity (Wildman–Crippen MR) is 23.1 cm³/mol. The molecule has 2 nitrogen and oxygen atoms in total. The van der Waals surface area contributed by atoms with Crippen LogP contribution in [-0.4, -0.2) is 23.4 Å². The molecule has 2 N–H and O–H groups in total. The van der Waals surface area contributed by atoms with Crippen molar-refractivity contribution in [3.05, 3.63) is 0 Å². The van der Waals surface area contributed by atoms with Crippen LogP contribution in [0.4, 0.5) is 0 Å². The van der Waals surface area contributed by atoms with E-state index in [1.165, 1.54) is 0 Å². The van der Waals surface area contributed by atoms with Crippen LogP contribution in [0.2, 0.25) is 0 Å². The zero-order valence-electron chi connectivity index (χ0n) is 2.99. The van der Waals surface area contributed by atoms with Gasteiger partial charge in [-0.1, -0.05) is 0 Å². The number of rotatable bonds is 1. The maximum atomic E-state index is 7.62. The minimum absolute atomic E-state index is 0.125.